The van der Waals surface area contributed by atoms with Crippen LogP contribution in [0.25, 0.3) is 0 Å². The Bertz CT molecular complexity index is 407. The lowest BCUT2D eigenvalue weighted by Crippen LogP contribution is -2.46. The predicted molar refractivity (Wildman–Crippen MR) is 74.7 cm³/mol. The van der Waals surface area contributed by atoms with Crippen LogP contribution in [0.3, 0.4) is 0 Å². The Morgan fingerprint density at radius 2 is 1.75 bits per heavy atom. The molecule has 1 N–H and O–H groups in total. The first-order valence-corrected chi connectivity index (χ1v) is 7.27. The van der Waals surface area contributed by atoms with Gasteiger partial charge in [-0.3, -0.25) is 0 Å². The highest BCUT2D eigenvalue weighted by Gasteiger charge is 2.43. The molecular weight excluding hydrogens is 263 g/mol. The summed E-state index contributed by atoms with van der Waals surface area (Å²) in [6.45, 7) is 0. The van der Waals surface area contributed by atoms with Gasteiger partial charge in [0.1, 0.15) is 0 Å². The summed E-state index contributed by atoms with van der Waals surface area (Å²) in [5, 5.41) is 3.16. The van der Waals surface area contributed by atoms with Gasteiger partial charge in [-0.15, -0.1) is 0 Å². The third-order valence-corrected chi connectivity index (χ3v) is 4.58. The van der Waals surface area contributed by atoms with Crippen LogP contribution in [-0.2, 0) is 5.41 Å². The number of likely N-dealkylation sites (N-methyl/N-ethyl adjacent to an activating group) is 1. The molecule has 1 saturated carbocycles. The van der Waals surface area contributed by atoms with E-state index in [1.165, 1.54) is 5.56 Å². The van der Waals surface area contributed by atoms with E-state index in [4.69, 9.17) is 0 Å². The van der Waals surface area contributed by atoms with E-state index in [1.54, 1.807) is 7.05 Å². The van der Waals surface area contributed by atoms with Gasteiger partial charge in [-0.05, 0) is 31.9 Å². The van der Waals surface area contributed by atoms with E-state index in [0.29, 0.717) is 0 Å². The molecule has 1 aromatic rings. The first-order valence-electron chi connectivity index (χ1n) is 7.27. The molecule has 1 fully saturated rings. The lowest BCUT2D eigenvalue weighted by atomic mass is 9.71. The average molecular weight is 285 g/mol. The summed E-state index contributed by atoms with van der Waals surface area (Å²) in [5.41, 5.74) is 1.04. The molecule has 4 heteroatoms. The van der Waals surface area contributed by atoms with Crippen molar-refractivity contribution in [2.45, 2.75) is 56.2 Å². The van der Waals surface area contributed by atoms with E-state index >= 15 is 0 Å². The lowest BCUT2D eigenvalue weighted by Gasteiger charge is -2.38. The van der Waals surface area contributed by atoms with Gasteiger partial charge in [-0.2, -0.15) is 13.2 Å². The summed E-state index contributed by atoms with van der Waals surface area (Å²) in [5.74, 6) is 0. The van der Waals surface area contributed by atoms with Gasteiger partial charge >= 0.3 is 6.18 Å². The molecule has 1 atom stereocenters. The van der Waals surface area contributed by atoms with Crippen molar-refractivity contribution in [2.75, 3.05) is 7.05 Å². The number of alkyl halides is 3. The second-order valence-corrected chi connectivity index (χ2v) is 5.72. The number of benzene rings is 1. The van der Waals surface area contributed by atoms with Gasteiger partial charge in [0.15, 0.2) is 0 Å². The molecular formula is C16H22F3N. The van der Waals surface area contributed by atoms with Crippen molar-refractivity contribution < 1.29 is 13.2 Å². The second-order valence-electron chi connectivity index (χ2n) is 5.72. The van der Waals surface area contributed by atoms with E-state index < -0.39 is 12.6 Å². The quantitative estimate of drug-likeness (QED) is 0.844. The molecule has 0 heterocycles. The van der Waals surface area contributed by atoms with Gasteiger partial charge in [0, 0.05) is 17.9 Å². The Hall–Kier alpha value is -1.03. The average Bonchev–Trinajstić information content (AvgIpc) is 2.90. The molecule has 0 saturated heterocycles. The van der Waals surface area contributed by atoms with Crippen LogP contribution in [0, 0.1) is 0 Å². The lowest BCUT2D eigenvalue weighted by molar-refractivity contribution is -0.137. The molecule has 0 bridgehead atoms. The van der Waals surface area contributed by atoms with E-state index in [9.17, 15) is 13.2 Å². The number of halogens is 3. The molecule has 112 valence electrons. The van der Waals surface area contributed by atoms with Crippen LogP contribution in [-0.4, -0.2) is 19.3 Å². The van der Waals surface area contributed by atoms with Crippen molar-refractivity contribution in [1.82, 2.24) is 5.32 Å². The fourth-order valence-corrected chi connectivity index (χ4v) is 3.62. The summed E-state index contributed by atoms with van der Waals surface area (Å²) in [6.07, 6.45) is -0.507. The second kappa shape index (κ2) is 6.17. The zero-order chi connectivity index (χ0) is 14.6. The first-order chi connectivity index (χ1) is 9.48. The molecule has 20 heavy (non-hydrogen) atoms. The highest BCUT2D eigenvalue weighted by molar-refractivity contribution is 5.29. The summed E-state index contributed by atoms with van der Waals surface area (Å²) in [6, 6.07) is 9.91. The van der Waals surface area contributed by atoms with Gasteiger partial charge in [0.05, 0.1) is 0 Å². The van der Waals surface area contributed by atoms with Crippen LogP contribution in [0.5, 0.6) is 0 Å². The fraction of sp³-hybridized carbons (Fsp3) is 0.625. The van der Waals surface area contributed by atoms with Crippen LogP contribution in [0.2, 0.25) is 0 Å². The number of hydrogen-bond acceptors (Lipinski definition) is 1. The molecule has 0 amide bonds. The minimum Gasteiger partial charge on any atom is -0.316 e. The van der Waals surface area contributed by atoms with E-state index in [0.717, 1.165) is 25.7 Å². The normalized spacial score (nSPS) is 20.0. The minimum atomic E-state index is -4.08. The Kier molecular flexibility index (Phi) is 4.74. The van der Waals surface area contributed by atoms with Crippen molar-refractivity contribution in [3.05, 3.63) is 35.9 Å². The third-order valence-electron chi connectivity index (χ3n) is 4.58. The van der Waals surface area contributed by atoms with Gasteiger partial charge in [0.2, 0.25) is 0 Å². The Labute approximate surface area is 118 Å². The molecule has 1 aliphatic rings. The first kappa shape index (κ1) is 15.4. The van der Waals surface area contributed by atoms with Crippen molar-refractivity contribution in [2.24, 2.45) is 0 Å². The Morgan fingerprint density at radius 1 is 1.15 bits per heavy atom. The maximum atomic E-state index is 12.5. The molecule has 0 aliphatic heterocycles. The zero-order valence-corrected chi connectivity index (χ0v) is 11.8. The highest BCUT2D eigenvalue weighted by Crippen LogP contribution is 2.45. The van der Waals surface area contributed by atoms with Crippen LogP contribution < -0.4 is 5.32 Å². The maximum Gasteiger partial charge on any atom is 0.389 e. The van der Waals surface area contributed by atoms with E-state index in [1.807, 2.05) is 18.2 Å². The van der Waals surface area contributed by atoms with Gasteiger partial charge in [-0.1, -0.05) is 43.2 Å². The largest absolute Gasteiger partial charge is 0.389 e. The zero-order valence-electron chi connectivity index (χ0n) is 11.8. The van der Waals surface area contributed by atoms with Crippen LogP contribution >= 0.6 is 0 Å². The minimum absolute atomic E-state index is 0.117. The number of rotatable bonds is 5. The Morgan fingerprint density at radius 3 is 2.25 bits per heavy atom. The molecule has 1 unspecified atom stereocenters. The summed E-state index contributed by atoms with van der Waals surface area (Å²) in [4.78, 5) is 0. The van der Waals surface area contributed by atoms with E-state index in [2.05, 4.69) is 17.4 Å². The number of nitrogens with one attached hydrogen (secondary N) is 1. The SMILES string of the molecule is CNC(CCC(F)(F)F)C1(c2ccccc2)CCCC1. The monoisotopic (exact) mass is 285 g/mol. The molecule has 1 nitrogen and oxygen atoms in total. The molecule has 0 radical (unpaired) electrons. The molecule has 0 spiro atoms. The molecule has 2 rings (SSSR count). The van der Waals surface area contributed by atoms with Crippen LogP contribution in [0.4, 0.5) is 13.2 Å². The molecule has 1 aromatic carbocycles. The Balaban J connectivity index is 2.22. The smallest absolute Gasteiger partial charge is 0.316 e. The summed E-state index contributed by atoms with van der Waals surface area (Å²) < 4.78 is 37.6. The van der Waals surface area contributed by atoms with E-state index in [-0.39, 0.29) is 17.9 Å². The van der Waals surface area contributed by atoms with Crippen molar-refractivity contribution in [3.8, 4) is 0 Å². The van der Waals surface area contributed by atoms with Gasteiger partial charge < -0.3 is 5.32 Å². The highest BCUT2D eigenvalue weighted by atomic mass is 19.4. The van der Waals surface area contributed by atoms with Crippen molar-refractivity contribution in [1.29, 1.82) is 0 Å². The fourth-order valence-electron chi connectivity index (χ4n) is 3.62. The van der Waals surface area contributed by atoms with Gasteiger partial charge in [-0.25, -0.2) is 0 Å². The summed E-state index contributed by atoms with van der Waals surface area (Å²) in [7, 11) is 1.78. The number of hydrogen-bond donors (Lipinski definition) is 1. The van der Waals surface area contributed by atoms with Gasteiger partial charge in [0.25, 0.3) is 0 Å². The third kappa shape index (κ3) is 3.35. The van der Waals surface area contributed by atoms with Crippen LogP contribution in [0.15, 0.2) is 30.3 Å². The maximum absolute atomic E-state index is 12.5. The summed E-state index contributed by atoms with van der Waals surface area (Å²) >= 11 is 0. The van der Waals surface area contributed by atoms with Crippen molar-refractivity contribution >= 4 is 0 Å². The van der Waals surface area contributed by atoms with Crippen LogP contribution in [0.1, 0.15) is 44.1 Å². The standard InChI is InChI=1S/C16H22F3N/c1-20-14(9-12-16(17,18)19)15(10-5-6-11-15)13-7-3-2-4-8-13/h2-4,7-8,14,20H,5-6,9-12H2,1H3. The van der Waals surface area contributed by atoms with Crippen molar-refractivity contribution in [3.63, 3.8) is 0 Å². The predicted octanol–water partition coefficient (Wildman–Crippen LogP) is 4.43. The molecule has 0 aromatic heterocycles. The molecule has 1 aliphatic carbocycles. The topological polar surface area (TPSA) is 12.0 Å².